The molecule has 102 valence electrons. The van der Waals surface area contributed by atoms with Crippen LogP contribution in [0.4, 0.5) is 0 Å². The topological polar surface area (TPSA) is 13.7 Å². The Balaban J connectivity index is 2.07. The number of aromatic nitrogens is 3. The molecule has 0 radical (unpaired) electrons. The minimum absolute atomic E-state index is 0.209. The smallest absolute Gasteiger partial charge is 0.259 e. The Morgan fingerprint density at radius 2 is 1.95 bits per heavy atom. The second-order valence-electron chi connectivity index (χ2n) is 5.43. The van der Waals surface area contributed by atoms with Gasteiger partial charge in [-0.15, -0.1) is 0 Å². The molecule has 0 saturated carbocycles. The van der Waals surface area contributed by atoms with Gasteiger partial charge in [-0.05, 0) is 23.8 Å². The van der Waals surface area contributed by atoms with Crippen LogP contribution in [-0.4, -0.2) is 9.13 Å². The first-order valence-corrected chi connectivity index (χ1v) is 6.86. The van der Waals surface area contributed by atoms with Gasteiger partial charge in [0.1, 0.15) is 5.52 Å². The maximum Gasteiger partial charge on any atom is 0.269 e. The molecule has 21 heavy (non-hydrogen) atoms. The maximum atomic E-state index is 8.14. The summed E-state index contributed by atoms with van der Waals surface area (Å²) in [4.78, 5) is 0. The zero-order chi connectivity index (χ0) is 19.1. The first-order chi connectivity index (χ1) is 12.7. The normalized spacial score (nSPS) is 18.5. The van der Waals surface area contributed by atoms with Crippen molar-refractivity contribution in [3.63, 3.8) is 0 Å². The van der Waals surface area contributed by atoms with Crippen molar-refractivity contribution in [2.45, 2.75) is 6.54 Å². The predicted molar refractivity (Wildman–Crippen MR) is 84.1 cm³/mol. The van der Waals surface area contributed by atoms with E-state index in [1.807, 2.05) is 41.0 Å². The number of hydrogen-bond acceptors (Lipinski definition) is 0. The Hall–Kier alpha value is -2.55. The highest BCUT2D eigenvalue weighted by Crippen LogP contribution is 2.36. The number of aryl methyl sites for hydroxylation is 2. The molecular formula is C18H16N3+. The number of benzene rings is 2. The van der Waals surface area contributed by atoms with Crippen molar-refractivity contribution in [3.8, 4) is 11.4 Å². The van der Waals surface area contributed by atoms with E-state index >= 15 is 0 Å². The minimum atomic E-state index is -2.52. The van der Waals surface area contributed by atoms with Crippen LogP contribution in [0.5, 0.6) is 0 Å². The lowest BCUT2D eigenvalue weighted by Crippen LogP contribution is -2.31. The summed E-state index contributed by atoms with van der Waals surface area (Å²) in [6, 6.07) is 14.8. The van der Waals surface area contributed by atoms with Gasteiger partial charge in [-0.25, -0.2) is 9.13 Å². The summed E-state index contributed by atoms with van der Waals surface area (Å²) in [6.45, 7) is -4.51. The Kier molecular flexibility index (Phi) is 1.17. The molecule has 0 N–H and O–H groups in total. The quantitative estimate of drug-likeness (QED) is 0.387. The number of nitrogens with zero attached hydrogens (tertiary/aromatic N) is 3. The highest BCUT2D eigenvalue weighted by Gasteiger charge is 2.33. The van der Waals surface area contributed by atoms with Crippen LogP contribution in [-0.2, 0) is 20.5 Å². The molecule has 2 aromatic heterocycles. The van der Waals surface area contributed by atoms with Gasteiger partial charge in [-0.1, -0.05) is 30.3 Å². The fourth-order valence-corrected chi connectivity index (χ4v) is 3.47. The number of para-hydroxylation sites is 1. The molecule has 2 aromatic carbocycles. The van der Waals surface area contributed by atoms with Gasteiger partial charge in [0.2, 0.25) is 5.82 Å². The maximum absolute atomic E-state index is 8.14. The molecule has 0 aliphatic carbocycles. The molecular weight excluding hydrogens is 258 g/mol. The van der Waals surface area contributed by atoms with Crippen molar-refractivity contribution >= 4 is 22.1 Å². The van der Waals surface area contributed by atoms with Gasteiger partial charge in [-0.2, -0.15) is 0 Å². The van der Waals surface area contributed by atoms with Gasteiger partial charge >= 0.3 is 0 Å². The van der Waals surface area contributed by atoms with E-state index in [0.717, 1.165) is 16.5 Å². The Labute approximate surface area is 131 Å². The van der Waals surface area contributed by atoms with E-state index in [-0.39, 0.29) is 5.65 Å². The van der Waals surface area contributed by atoms with Crippen LogP contribution < -0.4 is 4.57 Å². The summed E-state index contributed by atoms with van der Waals surface area (Å²) in [5.41, 5.74) is 3.21. The zero-order valence-electron chi connectivity index (χ0n) is 17.2. The lowest BCUT2D eigenvalue weighted by molar-refractivity contribution is -0.636. The molecule has 3 nitrogen and oxygen atoms in total. The van der Waals surface area contributed by atoms with Crippen LogP contribution in [0.15, 0.2) is 48.5 Å². The van der Waals surface area contributed by atoms with Crippen LogP contribution >= 0.6 is 0 Å². The third-order valence-electron chi connectivity index (χ3n) is 4.36. The fraction of sp³-hybridized carbons (Fsp3) is 0.167. The zero-order valence-corrected chi connectivity index (χ0v) is 11.2. The Bertz CT molecular complexity index is 1230. The highest BCUT2D eigenvalue weighted by atomic mass is 15.2. The fourth-order valence-electron chi connectivity index (χ4n) is 3.47. The van der Waals surface area contributed by atoms with Crippen LogP contribution in [0.25, 0.3) is 33.5 Å². The summed E-state index contributed by atoms with van der Waals surface area (Å²) in [6.07, 6.45) is 0. The molecule has 3 heteroatoms. The van der Waals surface area contributed by atoms with E-state index < -0.39 is 14.0 Å². The summed E-state index contributed by atoms with van der Waals surface area (Å²) in [5, 5.41) is 0.737. The summed E-state index contributed by atoms with van der Waals surface area (Å²) in [7, 11) is 0. The SMILES string of the molecule is [2H]C([2H])([2H])n1c2ccccc2c2c1[n+](C([2H])([2H])[2H])c1n2Cc2ccccc2-1. The van der Waals surface area contributed by atoms with Gasteiger partial charge in [0.05, 0.1) is 39.7 Å². The number of imidazole rings is 1. The lowest BCUT2D eigenvalue weighted by Gasteiger charge is -1.98. The molecule has 0 spiro atoms. The standard InChI is InChI=1S/C18H16N3/c1-19-15-10-6-5-9-14(15)16-18(19)20(2)17-13-8-4-3-7-12(13)11-21(16)17/h3-10H,11H2,1-2H3/q+1/i1D3,2D3. The predicted octanol–water partition coefficient (Wildman–Crippen LogP) is 2.99. The third kappa shape index (κ3) is 1.18. The molecule has 0 atom stereocenters. The van der Waals surface area contributed by atoms with Gasteiger partial charge in [0.15, 0.2) is 5.52 Å². The van der Waals surface area contributed by atoms with E-state index in [2.05, 4.69) is 0 Å². The minimum Gasteiger partial charge on any atom is -0.259 e. The lowest BCUT2D eigenvalue weighted by atomic mass is 10.1. The number of rotatable bonds is 0. The van der Waals surface area contributed by atoms with Crippen molar-refractivity contribution in [2.75, 3.05) is 0 Å². The first kappa shape index (κ1) is 6.94. The average Bonchev–Trinajstić information content (AvgIpc) is 3.18. The number of fused-ring (bicyclic) bond motifs is 7. The highest BCUT2D eigenvalue weighted by molar-refractivity contribution is 6.05. The Morgan fingerprint density at radius 3 is 2.86 bits per heavy atom. The molecule has 0 bridgehead atoms. The largest absolute Gasteiger partial charge is 0.269 e. The molecule has 4 aromatic rings. The monoisotopic (exact) mass is 280 g/mol. The van der Waals surface area contributed by atoms with Crippen LogP contribution in [0.3, 0.4) is 0 Å². The van der Waals surface area contributed by atoms with E-state index in [0.29, 0.717) is 23.4 Å². The molecule has 3 heterocycles. The van der Waals surface area contributed by atoms with Gasteiger partial charge in [0, 0.05) is 0 Å². The van der Waals surface area contributed by atoms with Crippen molar-refractivity contribution in [2.24, 2.45) is 14.0 Å². The van der Waals surface area contributed by atoms with E-state index in [4.69, 9.17) is 8.22 Å². The molecule has 1 aliphatic rings. The summed E-state index contributed by atoms with van der Waals surface area (Å²) < 4.78 is 52.9. The molecule has 0 saturated heterocycles. The van der Waals surface area contributed by atoms with Crippen LogP contribution in [0, 0.1) is 0 Å². The van der Waals surface area contributed by atoms with Gasteiger partial charge < -0.3 is 0 Å². The van der Waals surface area contributed by atoms with Gasteiger partial charge in [0.25, 0.3) is 5.65 Å². The van der Waals surface area contributed by atoms with E-state index in [1.165, 1.54) is 9.13 Å². The first-order valence-electron chi connectivity index (χ1n) is 9.86. The van der Waals surface area contributed by atoms with Gasteiger partial charge in [-0.3, -0.25) is 4.57 Å². The van der Waals surface area contributed by atoms with Crippen molar-refractivity contribution in [3.05, 3.63) is 54.1 Å². The second-order valence-corrected chi connectivity index (χ2v) is 5.43. The average molecular weight is 280 g/mol. The van der Waals surface area contributed by atoms with Crippen molar-refractivity contribution < 1.29 is 12.8 Å². The van der Waals surface area contributed by atoms with Crippen molar-refractivity contribution in [1.82, 2.24) is 9.13 Å². The number of hydrogen-bond donors (Lipinski definition) is 0. The molecule has 5 rings (SSSR count). The molecule has 0 unspecified atom stereocenters. The summed E-state index contributed by atoms with van der Waals surface area (Å²) in [5.74, 6) is 0.527. The second kappa shape index (κ2) is 3.55. The van der Waals surface area contributed by atoms with Crippen molar-refractivity contribution in [1.29, 1.82) is 0 Å². The molecule has 0 amide bonds. The molecule has 0 fully saturated rings. The van der Waals surface area contributed by atoms with E-state index in [9.17, 15) is 0 Å². The van der Waals surface area contributed by atoms with Crippen LogP contribution in [0.2, 0.25) is 0 Å². The van der Waals surface area contributed by atoms with Crippen LogP contribution in [0.1, 0.15) is 13.8 Å². The molecule has 1 aliphatic heterocycles. The summed E-state index contributed by atoms with van der Waals surface area (Å²) >= 11 is 0. The third-order valence-corrected chi connectivity index (χ3v) is 4.36. The Morgan fingerprint density at radius 1 is 1.10 bits per heavy atom. The van der Waals surface area contributed by atoms with E-state index in [1.54, 1.807) is 12.1 Å².